The number of nitrogens with one attached hydrogen (secondary N) is 2. The minimum absolute atomic E-state index is 0. The molecule has 3 unspecified atom stereocenters. The zero-order valence-electron chi connectivity index (χ0n) is 15.9. The molecular formula is C19H28Cl2N4O2. The Bertz CT molecular complexity index is 720. The number of hydrogen-bond donors (Lipinski definition) is 3. The molecule has 1 aromatic rings. The Morgan fingerprint density at radius 1 is 1.22 bits per heavy atom. The molecule has 150 valence electrons. The van der Waals surface area contributed by atoms with Crippen molar-refractivity contribution in [2.45, 2.75) is 45.2 Å². The Morgan fingerprint density at radius 2 is 1.93 bits per heavy atom. The van der Waals surface area contributed by atoms with Gasteiger partial charge in [-0.1, -0.05) is 11.6 Å². The number of nitrogens with zero attached hydrogens (tertiary/aromatic N) is 1. The number of anilines is 1. The van der Waals surface area contributed by atoms with Gasteiger partial charge in [0.15, 0.2) is 0 Å². The molecule has 3 atom stereocenters. The van der Waals surface area contributed by atoms with Gasteiger partial charge in [0, 0.05) is 30.4 Å². The lowest BCUT2D eigenvalue weighted by Crippen LogP contribution is -2.43. The van der Waals surface area contributed by atoms with Crippen LogP contribution in [-0.4, -0.2) is 41.5 Å². The van der Waals surface area contributed by atoms with Crippen molar-refractivity contribution in [2.24, 2.45) is 17.6 Å². The van der Waals surface area contributed by atoms with Crippen molar-refractivity contribution in [2.75, 3.05) is 18.4 Å². The van der Waals surface area contributed by atoms with Crippen LogP contribution in [0, 0.1) is 11.8 Å². The molecule has 27 heavy (non-hydrogen) atoms. The molecule has 1 saturated carbocycles. The van der Waals surface area contributed by atoms with E-state index in [9.17, 15) is 9.59 Å². The number of benzene rings is 1. The van der Waals surface area contributed by atoms with Gasteiger partial charge in [0.2, 0.25) is 0 Å². The van der Waals surface area contributed by atoms with E-state index < -0.39 is 0 Å². The molecule has 0 bridgehead atoms. The highest BCUT2D eigenvalue weighted by Crippen LogP contribution is 2.38. The first kappa shape index (κ1) is 21.8. The Labute approximate surface area is 171 Å². The number of halogens is 2. The predicted molar refractivity (Wildman–Crippen MR) is 111 cm³/mol. The molecule has 1 aliphatic carbocycles. The molecule has 1 saturated heterocycles. The highest BCUT2D eigenvalue weighted by molar-refractivity contribution is 6.34. The van der Waals surface area contributed by atoms with Crippen molar-refractivity contribution < 1.29 is 9.59 Å². The maximum Gasteiger partial charge on any atom is 0.319 e. The first-order valence-electron chi connectivity index (χ1n) is 9.07. The normalized spacial score (nSPS) is 24.2. The third-order valence-corrected chi connectivity index (χ3v) is 5.47. The summed E-state index contributed by atoms with van der Waals surface area (Å²) >= 11 is 6.26. The topological polar surface area (TPSA) is 87.5 Å². The van der Waals surface area contributed by atoms with E-state index >= 15 is 0 Å². The number of nitrogens with two attached hydrogens (primary N) is 1. The summed E-state index contributed by atoms with van der Waals surface area (Å²) < 4.78 is 0. The van der Waals surface area contributed by atoms with E-state index in [4.69, 9.17) is 17.3 Å². The smallest absolute Gasteiger partial charge is 0.319 e. The molecule has 1 aliphatic heterocycles. The largest absolute Gasteiger partial charge is 0.338 e. The van der Waals surface area contributed by atoms with E-state index in [2.05, 4.69) is 10.6 Å². The summed E-state index contributed by atoms with van der Waals surface area (Å²) in [5, 5.41) is 5.97. The van der Waals surface area contributed by atoms with Crippen LogP contribution >= 0.6 is 24.0 Å². The highest BCUT2D eigenvalue weighted by Gasteiger charge is 2.42. The van der Waals surface area contributed by atoms with Gasteiger partial charge in [-0.25, -0.2) is 4.79 Å². The SMILES string of the molecule is CC(C)(C)NC(=O)Nc1ccc(Cl)c(C(=O)N2CC3CCC(N)C3C2)c1.Cl. The quantitative estimate of drug-likeness (QED) is 0.691. The Kier molecular flexibility index (Phi) is 6.66. The number of amides is 3. The number of fused-ring (bicyclic) bond motifs is 1. The van der Waals surface area contributed by atoms with Crippen LogP contribution < -0.4 is 16.4 Å². The number of carbonyl (C=O) groups is 2. The van der Waals surface area contributed by atoms with Gasteiger partial charge in [0.25, 0.3) is 5.91 Å². The van der Waals surface area contributed by atoms with Gasteiger partial charge in [0.05, 0.1) is 10.6 Å². The van der Waals surface area contributed by atoms with E-state index in [-0.39, 0.29) is 35.9 Å². The second kappa shape index (κ2) is 8.25. The average molecular weight is 415 g/mol. The average Bonchev–Trinajstić information content (AvgIpc) is 3.09. The lowest BCUT2D eigenvalue weighted by atomic mass is 9.98. The van der Waals surface area contributed by atoms with Gasteiger partial charge in [-0.3, -0.25) is 4.79 Å². The fraction of sp³-hybridized carbons (Fsp3) is 0.579. The highest BCUT2D eigenvalue weighted by atomic mass is 35.5. The van der Waals surface area contributed by atoms with Crippen LogP contribution in [0.25, 0.3) is 0 Å². The van der Waals surface area contributed by atoms with E-state index in [1.807, 2.05) is 25.7 Å². The van der Waals surface area contributed by atoms with Crippen LogP contribution in [0.15, 0.2) is 18.2 Å². The third-order valence-electron chi connectivity index (χ3n) is 5.14. The second-order valence-electron chi connectivity index (χ2n) is 8.40. The van der Waals surface area contributed by atoms with Crippen molar-refractivity contribution in [1.82, 2.24) is 10.2 Å². The first-order chi connectivity index (χ1) is 12.1. The van der Waals surface area contributed by atoms with E-state index in [1.165, 1.54) is 0 Å². The minimum Gasteiger partial charge on any atom is -0.338 e. The minimum atomic E-state index is -0.346. The van der Waals surface area contributed by atoms with Crippen molar-refractivity contribution in [3.05, 3.63) is 28.8 Å². The van der Waals surface area contributed by atoms with Gasteiger partial charge in [0.1, 0.15) is 0 Å². The Hall–Kier alpha value is -1.50. The fourth-order valence-electron chi connectivity index (χ4n) is 3.91. The molecule has 3 rings (SSSR count). The molecule has 0 spiro atoms. The fourth-order valence-corrected chi connectivity index (χ4v) is 4.11. The summed E-state index contributed by atoms with van der Waals surface area (Å²) in [6.07, 6.45) is 2.12. The van der Waals surface area contributed by atoms with Gasteiger partial charge >= 0.3 is 6.03 Å². The van der Waals surface area contributed by atoms with Crippen LogP contribution in [0.2, 0.25) is 5.02 Å². The molecule has 8 heteroatoms. The van der Waals surface area contributed by atoms with Crippen molar-refractivity contribution in [3.63, 3.8) is 0 Å². The summed E-state index contributed by atoms with van der Waals surface area (Å²) in [4.78, 5) is 26.8. The zero-order valence-corrected chi connectivity index (χ0v) is 17.5. The third kappa shape index (κ3) is 5.06. The summed E-state index contributed by atoms with van der Waals surface area (Å²) in [6.45, 7) is 7.12. The number of rotatable bonds is 2. The lowest BCUT2D eigenvalue weighted by Gasteiger charge is -2.22. The molecular weight excluding hydrogens is 387 g/mol. The van der Waals surface area contributed by atoms with Crippen LogP contribution in [0.5, 0.6) is 0 Å². The summed E-state index contributed by atoms with van der Waals surface area (Å²) in [7, 11) is 0. The standard InChI is InChI=1S/C19H27ClN4O2.ClH/c1-19(2,3)23-18(26)22-12-5-6-15(20)13(8-12)17(25)24-9-11-4-7-16(21)14(11)10-24;/h5-6,8,11,14,16H,4,7,9-10,21H2,1-3H3,(H2,22,23,26);1H. The van der Waals surface area contributed by atoms with Crippen LogP contribution in [-0.2, 0) is 0 Å². The number of likely N-dealkylation sites (tertiary alicyclic amines) is 1. The van der Waals surface area contributed by atoms with Gasteiger partial charge in [-0.15, -0.1) is 12.4 Å². The van der Waals surface area contributed by atoms with Gasteiger partial charge in [-0.2, -0.15) is 0 Å². The molecule has 1 aromatic carbocycles. The monoisotopic (exact) mass is 414 g/mol. The van der Waals surface area contributed by atoms with Gasteiger partial charge in [-0.05, 0) is 63.6 Å². The van der Waals surface area contributed by atoms with Crippen LogP contribution in [0.3, 0.4) is 0 Å². The van der Waals surface area contributed by atoms with Gasteiger partial charge < -0.3 is 21.3 Å². The number of carbonyl (C=O) groups excluding carboxylic acids is 2. The van der Waals surface area contributed by atoms with Crippen LogP contribution in [0.1, 0.15) is 44.0 Å². The van der Waals surface area contributed by atoms with Crippen molar-refractivity contribution in [1.29, 1.82) is 0 Å². The van der Waals surface area contributed by atoms with E-state index in [0.29, 0.717) is 34.7 Å². The maximum atomic E-state index is 12.9. The summed E-state index contributed by atoms with van der Waals surface area (Å²) in [5.74, 6) is 0.777. The lowest BCUT2D eigenvalue weighted by molar-refractivity contribution is 0.0779. The maximum absolute atomic E-state index is 12.9. The summed E-state index contributed by atoms with van der Waals surface area (Å²) in [5.41, 5.74) is 6.76. The van der Waals surface area contributed by atoms with E-state index in [1.54, 1.807) is 18.2 Å². The second-order valence-corrected chi connectivity index (χ2v) is 8.81. The molecule has 0 aromatic heterocycles. The summed E-state index contributed by atoms with van der Waals surface area (Å²) in [6, 6.07) is 4.84. The first-order valence-corrected chi connectivity index (χ1v) is 9.45. The molecule has 2 fully saturated rings. The molecule has 6 nitrogen and oxygen atoms in total. The number of urea groups is 1. The predicted octanol–water partition coefficient (Wildman–Crippen LogP) is 3.49. The Morgan fingerprint density at radius 3 is 2.56 bits per heavy atom. The van der Waals surface area contributed by atoms with Crippen molar-refractivity contribution >= 4 is 41.6 Å². The molecule has 3 amide bonds. The number of hydrogen-bond acceptors (Lipinski definition) is 3. The zero-order chi connectivity index (χ0) is 19.1. The van der Waals surface area contributed by atoms with Crippen LogP contribution in [0.4, 0.5) is 10.5 Å². The molecule has 2 aliphatic rings. The molecule has 4 N–H and O–H groups in total. The van der Waals surface area contributed by atoms with E-state index in [0.717, 1.165) is 19.4 Å². The van der Waals surface area contributed by atoms with Crippen molar-refractivity contribution in [3.8, 4) is 0 Å². The Balaban J connectivity index is 0.00000261. The molecule has 1 heterocycles. The molecule has 0 radical (unpaired) electrons.